The Balaban J connectivity index is 1.86. The van der Waals surface area contributed by atoms with E-state index in [-0.39, 0.29) is 44.1 Å². The number of carbonyl (C=O) groups excluding carboxylic acids is 5. The van der Waals surface area contributed by atoms with Gasteiger partial charge in [-0.1, -0.05) is 12.1 Å². The summed E-state index contributed by atoms with van der Waals surface area (Å²) in [5.41, 5.74) is 0.644. The number of amides is 1. The monoisotopic (exact) mass is 553 g/mol. The summed E-state index contributed by atoms with van der Waals surface area (Å²) in [5.74, 6) is -3.43. The van der Waals surface area contributed by atoms with E-state index in [2.05, 4.69) is 0 Å². The Morgan fingerprint density at radius 1 is 0.947 bits per heavy atom. The Labute approximate surface area is 225 Å². The van der Waals surface area contributed by atoms with E-state index in [4.69, 9.17) is 25.8 Å². The van der Waals surface area contributed by atoms with Crippen LogP contribution in [0.2, 0.25) is 0 Å². The molecule has 0 N–H and O–H groups in total. The molecule has 11 heteroatoms. The van der Waals surface area contributed by atoms with Crippen molar-refractivity contribution in [1.29, 1.82) is 0 Å². The second-order valence-corrected chi connectivity index (χ2v) is 10.0. The van der Waals surface area contributed by atoms with Crippen molar-refractivity contribution in [2.45, 2.75) is 58.5 Å². The third kappa shape index (κ3) is 7.52. The summed E-state index contributed by atoms with van der Waals surface area (Å²) in [6.45, 7) is 3.81. The van der Waals surface area contributed by atoms with Crippen molar-refractivity contribution < 1.29 is 42.6 Å². The zero-order valence-corrected chi connectivity index (χ0v) is 22.3. The van der Waals surface area contributed by atoms with Gasteiger partial charge in [-0.2, -0.15) is 0 Å². The average Bonchev–Trinajstić information content (AvgIpc) is 3.42. The standard InChI is InChI=1S/C27H33ClFNO8/c1-3-36-24(34)14-22(32)30(15-16-5-7-19(29)8-6-16)26-20-12-18(25(26)27(35)37-4-2)11-17(20)9-10-38-23(33)13-21(28)31/h5-8,17-18,20,25-26H,3-4,9-15H2,1-2H3/t17?,18-,20-,25+,26-/m0/s1. The molecule has 2 bridgehead atoms. The molecular formula is C27H33ClFNO8. The van der Waals surface area contributed by atoms with Crippen LogP contribution in [0.15, 0.2) is 24.3 Å². The smallest absolute Gasteiger partial charge is 0.315 e. The van der Waals surface area contributed by atoms with Gasteiger partial charge in [0.05, 0.1) is 25.7 Å². The van der Waals surface area contributed by atoms with Crippen LogP contribution in [0.3, 0.4) is 0 Å². The molecule has 0 aliphatic heterocycles. The average molecular weight is 554 g/mol. The van der Waals surface area contributed by atoms with Gasteiger partial charge in [-0.3, -0.25) is 24.0 Å². The molecule has 2 aliphatic rings. The van der Waals surface area contributed by atoms with E-state index in [1.807, 2.05) is 0 Å². The van der Waals surface area contributed by atoms with E-state index in [0.717, 1.165) is 0 Å². The Bertz CT molecular complexity index is 1030. The van der Waals surface area contributed by atoms with Gasteiger partial charge >= 0.3 is 17.9 Å². The number of fused-ring (bicyclic) bond motifs is 2. The highest BCUT2D eigenvalue weighted by Gasteiger charge is 2.58. The van der Waals surface area contributed by atoms with Crippen LogP contribution >= 0.6 is 11.6 Å². The molecule has 0 radical (unpaired) electrons. The van der Waals surface area contributed by atoms with E-state index >= 15 is 0 Å². The molecule has 3 rings (SSSR count). The highest BCUT2D eigenvalue weighted by atomic mass is 35.5. The number of hydrogen-bond donors (Lipinski definition) is 0. The maximum Gasteiger partial charge on any atom is 0.315 e. The second-order valence-electron chi connectivity index (χ2n) is 9.59. The number of benzene rings is 1. The lowest BCUT2D eigenvalue weighted by Gasteiger charge is -2.41. The normalized spacial score (nSPS) is 23.5. The maximum absolute atomic E-state index is 13.5. The summed E-state index contributed by atoms with van der Waals surface area (Å²) < 4.78 is 29.1. The summed E-state index contributed by atoms with van der Waals surface area (Å²) in [6, 6.07) is 5.12. The Morgan fingerprint density at radius 2 is 1.61 bits per heavy atom. The van der Waals surface area contributed by atoms with Gasteiger partial charge in [0.25, 0.3) is 0 Å². The molecule has 2 fully saturated rings. The van der Waals surface area contributed by atoms with Crippen LogP contribution in [0, 0.1) is 29.5 Å². The van der Waals surface area contributed by atoms with Crippen LogP contribution in [0.5, 0.6) is 0 Å². The third-order valence-corrected chi connectivity index (χ3v) is 7.38. The fraction of sp³-hybridized carbons (Fsp3) is 0.593. The predicted octanol–water partition coefficient (Wildman–Crippen LogP) is 3.40. The van der Waals surface area contributed by atoms with Gasteiger partial charge in [-0.05, 0) is 80.2 Å². The number of esters is 3. The van der Waals surface area contributed by atoms with Crippen molar-refractivity contribution in [1.82, 2.24) is 4.90 Å². The number of nitrogens with zero attached hydrogens (tertiary/aromatic N) is 1. The summed E-state index contributed by atoms with van der Waals surface area (Å²) in [4.78, 5) is 63.0. The van der Waals surface area contributed by atoms with Crippen LogP contribution in [0.4, 0.5) is 4.39 Å². The van der Waals surface area contributed by atoms with Crippen molar-refractivity contribution in [3.8, 4) is 0 Å². The minimum atomic E-state index is -0.802. The molecule has 208 valence electrons. The minimum absolute atomic E-state index is 0.0290. The van der Waals surface area contributed by atoms with Crippen LogP contribution in [-0.2, 0) is 44.7 Å². The van der Waals surface area contributed by atoms with Gasteiger partial charge in [0.1, 0.15) is 18.7 Å². The van der Waals surface area contributed by atoms with Crippen LogP contribution < -0.4 is 0 Å². The highest BCUT2D eigenvalue weighted by molar-refractivity contribution is 6.64. The lowest BCUT2D eigenvalue weighted by molar-refractivity contribution is -0.157. The Kier molecular flexibility index (Phi) is 10.6. The molecule has 1 unspecified atom stereocenters. The molecule has 0 saturated heterocycles. The number of ether oxygens (including phenoxy) is 3. The van der Waals surface area contributed by atoms with Gasteiger partial charge in [0, 0.05) is 12.6 Å². The van der Waals surface area contributed by atoms with E-state index in [0.29, 0.717) is 24.8 Å². The lowest BCUT2D eigenvalue weighted by atomic mass is 9.76. The largest absolute Gasteiger partial charge is 0.466 e. The van der Waals surface area contributed by atoms with Crippen molar-refractivity contribution in [3.05, 3.63) is 35.6 Å². The molecule has 1 aromatic carbocycles. The van der Waals surface area contributed by atoms with Crippen molar-refractivity contribution in [2.75, 3.05) is 19.8 Å². The molecule has 1 amide bonds. The zero-order chi connectivity index (χ0) is 27.8. The number of carbonyl (C=O) groups is 5. The molecule has 1 aromatic rings. The summed E-state index contributed by atoms with van der Waals surface area (Å²) >= 11 is 5.24. The van der Waals surface area contributed by atoms with Gasteiger partial charge in [-0.25, -0.2) is 4.39 Å². The molecule has 2 saturated carbocycles. The molecule has 5 atom stereocenters. The topological polar surface area (TPSA) is 116 Å². The second kappa shape index (κ2) is 13.7. The number of halogens is 2. The first-order chi connectivity index (χ1) is 18.1. The van der Waals surface area contributed by atoms with Crippen LogP contribution in [-0.4, -0.2) is 59.8 Å². The Hall–Kier alpha value is -3.01. The van der Waals surface area contributed by atoms with Crippen molar-refractivity contribution in [2.24, 2.45) is 23.7 Å². The van der Waals surface area contributed by atoms with Crippen molar-refractivity contribution >= 4 is 40.7 Å². The molecular weight excluding hydrogens is 521 g/mol. The SMILES string of the molecule is CCOC(=O)CC(=O)N(Cc1ccc(F)cc1)[C@@H]1[C@H](C(=O)OCC)[C@H]2CC(CCOC(=O)CC(=O)Cl)[C@@H]1C2. The van der Waals surface area contributed by atoms with Crippen LogP contribution in [0.1, 0.15) is 51.5 Å². The third-order valence-electron chi connectivity index (χ3n) is 7.24. The van der Waals surface area contributed by atoms with Gasteiger partial charge in [-0.15, -0.1) is 0 Å². The van der Waals surface area contributed by atoms with Gasteiger partial charge in [0.2, 0.25) is 11.1 Å². The molecule has 0 spiro atoms. The molecule has 38 heavy (non-hydrogen) atoms. The minimum Gasteiger partial charge on any atom is -0.466 e. The first-order valence-electron chi connectivity index (χ1n) is 12.8. The highest BCUT2D eigenvalue weighted by Crippen LogP contribution is 2.55. The number of hydrogen-bond acceptors (Lipinski definition) is 8. The fourth-order valence-corrected chi connectivity index (χ4v) is 5.97. The summed E-state index contributed by atoms with van der Waals surface area (Å²) in [6.07, 6.45) is 0.825. The van der Waals surface area contributed by atoms with Crippen LogP contribution in [0.25, 0.3) is 0 Å². The van der Waals surface area contributed by atoms with Gasteiger partial charge < -0.3 is 19.1 Å². The first kappa shape index (κ1) is 29.5. The van der Waals surface area contributed by atoms with E-state index in [1.165, 1.54) is 17.0 Å². The lowest BCUT2D eigenvalue weighted by Crippen LogP contribution is -2.52. The Morgan fingerprint density at radius 3 is 2.24 bits per heavy atom. The molecule has 2 aliphatic carbocycles. The zero-order valence-electron chi connectivity index (χ0n) is 21.5. The van der Waals surface area contributed by atoms with E-state index < -0.39 is 59.7 Å². The first-order valence-corrected chi connectivity index (χ1v) is 13.2. The quantitative estimate of drug-likeness (QED) is 0.158. The molecule has 0 heterocycles. The predicted molar refractivity (Wildman–Crippen MR) is 133 cm³/mol. The fourth-order valence-electron chi connectivity index (χ4n) is 5.86. The van der Waals surface area contributed by atoms with Gasteiger partial charge in [0.15, 0.2) is 0 Å². The summed E-state index contributed by atoms with van der Waals surface area (Å²) in [5, 5.41) is -0.802. The summed E-state index contributed by atoms with van der Waals surface area (Å²) in [7, 11) is 0. The molecule has 0 aromatic heterocycles. The molecule has 9 nitrogen and oxygen atoms in total. The maximum atomic E-state index is 13.5. The van der Waals surface area contributed by atoms with E-state index in [9.17, 15) is 28.4 Å². The van der Waals surface area contributed by atoms with E-state index in [1.54, 1.807) is 26.0 Å². The number of rotatable bonds is 13. The van der Waals surface area contributed by atoms with Crippen molar-refractivity contribution in [3.63, 3.8) is 0 Å².